The van der Waals surface area contributed by atoms with Gasteiger partial charge in [-0.1, -0.05) is 18.2 Å². The summed E-state index contributed by atoms with van der Waals surface area (Å²) in [5, 5.41) is 9.83. The minimum atomic E-state index is -0.895. The van der Waals surface area contributed by atoms with E-state index in [1.54, 1.807) is 6.20 Å². The summed E-state index contributed by atoms with van der Waals surface area (Å²) in [7, 11) is 0. The van der Waals surface area contributed by atoms with Crippen LogP contribution in [-0.2, 0) is 4.79 Å². The number of carboxylic acid groups (broad SMARTS) is 1. The molecule has 2 aromatic rings. The summed E-state index contributed by atoms with van der Waals surface area (Å²) in [6, 6.07) is 7.65. The third kappa shape index (κ3) is 2.46. The number of aromatic amines is 1. The summed E-state index contributed by atoms with van der Waals surface area (Å²) in [5.41, 5.74) is 1.84. The monoisotopic (exact) mass is 235 g/mol. The minimum absolute atomic E-state index is 0.0359. The number of nitrogens with one attached hydrogen (secondary N) is 1. The largest absolute Gasteiger partial charge is 0.481 e. The molecule has 0 spiro atoms. The molecule has 4 heteroatoms. The maximum atomic E-state index is 12.5. The van der Waals surface area contributed by atoms with Crippen LogP contribution in [0.5, 0.6) is 0 Å². The highest BCUT2D eigenvalue weighted by molar-refractivity contribution is 5.84. The average Bonchev–Trinajstić information content (AvgIpc) is 2.71. The predicted molar refractivity (Wildman–Crippen MR) is 63.9 cm³/mol. The van der Waals surface area contributed by atoms with E-state index >= 15 is 0 Å². The van der Waals surface area contributed by atoms with Gasteiger partial charge in [-0.2, -0.15) is 0 Å². The lowest BCUT2D eigenvalue weighted by atomic mass is 9.93. The predicted octanol–water partition coefficient (Wildman–Crippen LogP) is 3.09. The zero-order valence-electron chi connectivity index (χ0n) is 9.32. The fourth-order valence-electron chi connectivity index (χ4n) is 2.14. The number of aromatic nitrogens is 1. The van der Waals surface area contributed by atoms with E-state index in [0.29, 0.717) is 0 Å². The molecular formula is C13H14FNO2. The van der Waals surface area contributed by atoms with Gasteiger partial charge in [0.1, 0.15) is 0 Å². The molecule has 1 aromatic heterocycles. The van der Waals surface area contributed by atoms with Crippen LogP contribution in [0.3, 0.4) is 0 Å². The van der Waals surface area contributed by atoms with Crippen LogP contribution in [0, 0.1) is 0 Å². The SMILES string of the molecule is O=C(O)CC(CCF)c1c[nH]c2ccccc12. The molecule has 3 nitrogen and oxygen atoms in total. The Hall–Kier alpha value is -1.84. The number of fused-ring (bicyclic) bond motifs is 1. The van der Waals surface area contributed by atoms with Crippen molar-refractivity contribution in [3.63, 3.8) is 0 Å². The van der Waals surface area contributed by atoms with Gasteiger partial charge in [0.2, 0.25) is 0 Å². The van der Waals surface area contributed by atoms with Gasteiger partial charge in [-0.3, -0.25) is 9.18 Å². The first kappa shape index (κ1) is 11.6. The molecule has 0 aliphatic heterocycles. The van der Waals surface area contributed by atoms with Gasteiger partial charge in [0.05, 0.1) is 13.1 Å². The van der Waals surface area contributed by atoms with Gasteiger partial charge < -0.3 is 10.1 Å². The zero-order valence-corrected chi connectivity index (χ0v) is 9.32. The second-order valence-electron chi connectivity index (χ2n) is 4.06. The van der Waals surface area contributed by atoms with E-state index in [4.69, 9.17) is 5.11 Å². The number of carbonyl (C=O) groups is 1. The maximum absolute atomic E-state index is 12.5. The van der Waals surface area contributed by atoms with E-state index < -0.39 is 12.6 Å². The van der Waals surface area contributed by atoms with Crippen molar-refractivity contribution in [1.29, 1.82) is 0 Å². The molecule has 2 rings (SSSR count). The van der Waals surface area contributed by atoms with Crippen molar-refractivity contribution in [3.05, 3.63) is 36.0 Å². The molecule has 0 fully saturated rings. The first-order chi connectivity index (χ1) is 8.22. The lowest BCUT2D eigenvalue weighted by molar-refractivity contribution is -0.137. The highest BCUT2D eigenvalue weighted by Crippen LogP contribution is 2.30. The van der Waals surface area contributed by atoms with E-state index in [-0.39, 0.29) is 18.8 Å². The number of hydrogen-bond acceptors (Lipinski definition) is 1. The van der Waals surface area contributed by atoms with Crippen LogP contribution in [0.1, 0.15) is 24.3 Å². The Labute approximate surface area is 98.3 Å². The fourth-order valence-corrected chi connectivity index (χ4v) is 2.14. The first-order valence-electron chi connectivity index (χ1n) is 5.56. The standard InChI is InChI=1S/C13H14FNO2/c14-6-5-9(7-13(16)17)11-8-15-12-4-2-1-3-10(11)12/h1-4,8-9,15H,5-7H2,(H,16,17). The van der Waals surface area contributed by atoms with Crippen LogP contribution >= 0.6 is 0 Å². The van der Waals surface area contributed by atoms with Crippen molar-refractivity contribution in [2.24, 2.45) is 0 Å². The number of carboxylic acids is 1. The zero-order chi connectivity index (χ0) is 12.3. The van der Waals surface area contributed by atoms with Gasteiger partial charge in [-0.15, -0.1) is 0 Å². The Morgan fingerprint density at radius 3 is 2.88 bits per heavy atom. The lowest BCUT2D eigenvalue weighted by Crippen LogP contribution is -2.06. The van der Waals surface area contributed by atoms with Crippen molar-refractivity contribution in [3.8, 4) is 0 Å². The number of rotatable bonds is 5. The molecule has 1 atom stereocenters. The van der Waals surface area contributed by atoms with Crippen molar-refractivity contribution in [2.45, 2.75) is 18.8 Å². The number of aliphatic carboxylic acids is 1. The van der Waals surface area contributed by atoms with Crippen LogP contribution in [0.2, 0.25) is 0 Å². The van der Waals surface area contributed by atoms with E-state index in [1.807, 2.05) is 24.3 Å². The molecule has 0 aliphatic carbocycles. The smallest absolute Gasteiger partial charge is 0.303 e. The van der Waals surface area contributed by atoms with Gasteiger partial charge in [-0.25, -0.2) is 0 Å². The summed E-state index contributed by atoms with van der Waals surface area (Å²) >= 11 is 0. The van der Waals surface area contributed by atoms with Crippen molar-refractivity contribution < 1.29 is 14.3 Å². The maximum Gasteiger partial charge on any atom is 0.303 e. The molecule has 1 aromatic carbocycles. The third-order valence-electron chi connectivity index (χ3n) is 2.94. The normalized spacial score (nSPS) is 12.8. The molecule has 90 valence electrons. The highest BCUT2D eigenvalue weighted by Gasteiger charge is 2.18. The van der Waals surface area contributed by atoms with Gasteiger partial charge in [0.25, 0.3) is 0 Å². The van der Waals surface area contributed by atoms with Crippen LogP contribution in [0.15, 0.2) is 30.5 Å². The second-order valence-corrected chi connectivity index (χ2v) is 4.06. The number of benzene rings is 1. The van der Waals surface area contributed by atoms with Crippen LogP contribution in [0.4, 0.5) is 4.39 Å². The van der Waals surface area contributed by atoms with Crippen molar-refractivity contribution in [2.75, 3.05) is 6.67 Å². The molecule has 1 heterocycles. The molecule has 0 saturated heterocycles. The Balaban J connectivity index is 2.37. The Bertz CT molecular complexity index is 521. The Morgan fingerprint density at radius 1 is 1.41 bits per heavy atom. The quantitative estimate of drug-likeness (QED) is 0.836. The molecule has 0 aliphatic rings. The van der Waals surface area contributed by atoms with E-state index in [0.717, 1.165) is 16.5 Å². The summed E-state index contributed by atoms with van der Waals surface area (Å²) in [6.45, 7) is -0.503. The highest BCUT2D eigenvalue weighted by atomic mass is 19.1. The first-order valence-corrected chi connectivity index (χ1v) is 5.56. The Morgan fingerprint density at radius 2 is 2.18 bits per heavy atom. The molecule has 2 N–H and O–H groups in total. The Kier molecular flexibility index (Phi) is 3.42. The van der Waals surface area contributed by atoms with Gasteiger partial charge >= 0.3 is 5.97 Å². The van der Waals surface area contributed by atoms with E-state index in [2.05, 4.69) is 4.98 Å². The van der Waals surface area contributed by atoms with Crippen LogP contribution in [0.25, 0.3) is 10.9 Å². The number of alkyl halides is 1. The molecular weight excluding hydrogens is 221 g/mol. The third-order valence-corrected chi connectivity index (χ3v) is 2.94. The number of hydrogen-bond donors (Lipinski definition) is 2. The topological polar surface area (TPSA) is 53.1 Å². The molecule has 17 heavy (non-hydrogen) atoms. The summed E-state index contributed by atoms with van der Waals surface area (Å²) in [4.78, 5) is 13.9. The summed E-state index contributed by atoms with van der Waals surface area (Å²) in [6.07, 6.45) is 1.99. The molecule has 1 unspecified atom stereocenters. The van der Waals surface area contributed by atoms with E-state index in [1.165, 1.54) is 0 Å². The van der Waals surface area contributed by atoms with Crippen molar-refractivity contribution in [1.82, 2.24) is 4.98 Å². The molecule has 0 bridgehead atoms. The molecule has 0 amide bonds. The summed E-state index contributed by atoms with van der Waals surface area (Å²) in [5.74, 6) is -1.16. The van der Waals surface area contributed by atoms with Crippen molar-refractivity contribution >= 4 is 16.9 Å². The summed E-state index contributed by atoms with van der Waals surface area (Å²) < 4.78 is 12.5. The van der Waals surface area contributed by atoms with Gasteiger partial charge in [0.15, 0.2) is 0 Å². The molecule has 0 saturated carbocycles. The lowest BCUT2D eigenvalue weighted by Gasteiger charge is -2.11. The van der Waals surface area contributed by atoms with Crippen LogP contribution in [-0.4, -0.2) is 22.7 Å². The average molecular weight is 235 g/mol. The molecule has 0 radical (unpaired) electrons. The van der Waals surface area contributed by atoms with Gasteiger partial charge in [-0.05, 0) is 24.0 Å². The second kappa shape index (κ2) is 4.99. The minimum Gasteiger partial charge on any atom is -0.481 e. The number of halogens is 1. The van der Waals surface area contributed by atoms with E-state index in [9.17, 15) is 9.18 Å². The number of para-hydroxylation sites is 1. The van der Waals surface area contributed by atoms with Gasteiger partial charge in [0, 0.05) is 17.1 Å². The number of H-pyrrole nitrogens is 1. The van der Waals surface area contributed by atoms with Crippen LogP contribution < -0.4 is 0 Å². The fraction of sp³-hybridized carbons (Fsp3) is 0.308.